The van der Waals surface area contributed by atoms with Gasteiger partial charge in [0.2, 0.25) is 0 Å². The third-order valence-corrected chi connectivity index (χ3v) is 8.89. The fraction of sp³-hybridized carbons (Fsp3) is 0.125. The average Bonchev–Trinajstić information content (AvgIpc) is 2.79. The van der Waals surface area contributed by atoms with E-state index in [1.807, 2.05) is 6.92 Å². The molecule has 0 spiro atoms. The summed E-state index contributed by atoms with van der Waals surface area (Å²) >= 11 is 7.06. The van der Waals surface area contributed by atoms with Crippen molar-refractivity contribution < 1.29 is 21.6 Å². The first-order valence-electron chi connectivity index (χ1n) is 7.08. The van der Waals surface area contributed by atoms with Crippen molar-refractivity contribution in [1.82, 2.24) is 3.97 Å². The Morgan fingerprint density at radius 1 is 1.12 bits per heavy atom. The van der Waals surface area contributed by atoms with Crippen LogP contribution in [0.25, 0.3) is 10.9 Å². The first-order valence-corrected chi connectivity index (χ1v) is 11.4. The van der Waals surface area contributed by atoms with Gasteiger partial charge in [-0.1, -0.05) is 0 Å². The van der Waals surface area contributed by atoms with Crippen LogP contribution in [-0.4, -0.2) is 32.4 Å². The maximum absolute atomic E-state index is 13.1. The maximum atomic E-state index is 13.1. The van der Waals surface area contributed by atoms with Crippen LogP contribution in [0.5, 0.6) is 0 Å². The molecule has 0 aliphatic heterocycles. The van der Waals surface area contributed by atoms with Crippen LogP contribution in [0.15, 0.2) is 52.0 Å². The van der Waals surface area contributed by atoms with Crippen molar-refractivity contribution >= 4 is 67.9 Å². The predicted octanol–water partition coefficient (Wildman–Crippen LogP) is 4.45. The van der Waals surface area contributed by atoms with E-state index in [-0.39, 0.29) is 29.9 Å². The van der Waals surface area contributed by atoms with Gasteiger partial charge in [0.25, 0.3) is 0 Å². The average molecular weight is 532 g/mol. The number of halogens is 5. The summed E-state index contributed by atoms with van der Waals surface area (Å²) in [5.74, 6) is 0. The van der Waals surface area contributed by atoms with Gasteiger partial charge in [0, 0.05) is 0 Å². The summed E-state index contributed by atoms with van der Waals surface area (Å²) in [5, 5.41) is -4.05. The normalized spacial score (nSPS) is 12.7. The van der Waals surface area contributed by atoms with Crippen LogP contribution < -0.4 is 4.46 Å². The zero-order valence-corrected chi connectivity index (χ0v) is 17.9. The second-order valence-corrected chi connectivity index (χ2v) is 10.6. The Labute approximate surface area is 167 Å². The van der Waals surface area contributed by atoms with Crippen LogP contribution >= 0.6 is 27.5 Å². The summed E-state index contributed by atoms with van der Waals surface area (Å²) in [6.07, 6.45) is 0. The third-order valence-electron chi connectivity index (χ3n) is 3.56. The van der Waals surface area contributed by atoms with Crippen LogP contribution in [0, 0.1) is 6.92 Å². The minimum atomic E-state index is -4.44. The van der Waals surface area contributed by atoms with Gasteiger partial charge >= 0.3 is 168 Å². The first-order chi connectivity index (χ1) is 12.0. The number of hydrogen-bond donors (Lipinski definition) is 0. The molecule has 3 rings (SSSR count). The zero-order chi connectivity index (χ0) is 19.3. The van der Waals surface area contributed by atoms with Gasteiger partial charge < -0.3 is 0 Å². The van der Waals surface area contributed by atoms with E-state index in [0.29, 0.717) is 0 Å². The number of alkyl halides is 3. The van der Waals surface area contributed by atoms with Gasteiger partial charge in [-0.3, -0.25) is 0 Å². The molecule has 0 fully saturated rings. The Balaban J connectivity index is 2.33. The molecule has 0 bridgehead atoms. The van der Waals surface area contributed by atoms with Crippen molar-refractivity contribution in [2.75, 3.05) is 0 Å². The van der Waals surface area contributed by atoms with E-state index in [1.54, 1.807) is 12.1 Å². The van der Waals surface area contributed by atoms with E-state index in [2.05, 4.69) is 15.9 Å². The molecule has 0 atom stereocenters. The van der Waals surface area contributed by atoms with E-state index >= 15 is 0 Å². The molecule has 0 aliphatic rings. The molecule has 26 heavy (non-hydrogen) atoms. The number of rotatable bonds is 3. The summed E-state index contributed by atoms with van der Waals surface area (Å²) in [6, 6.07) is 10.3. The molecule has 3 nitrogen and oxygen atoms in total. The quantitative estimate of drug-likeness (QED) is 0.469. The summed E-state index contributed by atoms with van der Waals surface area (Å²) in [5.41, 5.74) is 1.01. The summed E-state index contributed by atoms with van der Waals surface area (Å²) < 4.78 is 65.9. The van der Waals surface area contributed by atoms with Gasteiger partial charge in [-0.2, -0.15) is 0 Å². The van der Waals surface area contributed by atoms with E-state index in [0.717, 1.165) is 9.54 Å². The predicted molar refractivity (Wildman–Crippen MR) is 99.9 cm³/mol. The van der Waals surface area contributed by atoms with Gasteiger partial charge in [0.1, 0.15) is 0 Å². The van der Waals surface area contributed by atoms with Gasteiger partial charge in [-0.25, -0.2) is 0 Å². The second-order valence-electron chi connectivity index (χ2n) is 5.41. The molecular formula is C16H10BrClF3NO2SSe. The molecule has 3 aromatic rings. The first kappa shape index (κ1) is 19.8. The number of nitrogens with zero attached hydrogens (tertiary/aromatic N) is 1. The Bertz CT molecular complexity index is 1100. The topological polar surface area (TPSA) is 39.1 Å². The van der Waals surface area contributed by atoms with Gasteiger partial charge in [-0.15, -0.1) is 0 Å². The van der Waals surface area contributed by atoms with Crippen molar-refractivity contribution in [1.29, 1.82) is 0 Å². The summed E-state index contributed by atoms with van der Waals surface area (Å²) in [6.45, 7) is 1.81. The number of aryl methyl sites for hydroxylation is 1. The molecule has 0 saturated carbocycles. The molecule has 1 aromatic heterocycles. The van der Waals surface area contributed by atoms with Crippen molar-refractivity contribution in [2.24, 2.45) is 0 Å². The van der Waals surface area contributed by atoms with E-state index in [4.69, 9.17) is 11.6 Å². The van der Waals surface area contributed by atoms with Crippen LogP contribution in [0.2, 0.25) is 5.02 Å². The molecule has 1 heterocycles. The molecule has 0 radical (unpaired) electrons. The van der Waals surface area contributed by atoms with Gasteiger partial charge in [0.15, 0.2) is 0 Å². The molecule has 0 N–H and O–H groups in total. The Hall–Kier alpha value is -0.991. The summed E-state index contributed by atoms with van der Waals surface area (Å²) in [7, 11) is -4.09. The monoisotopic (exact) mass is 531 g/mol. The van der Waals surface area contributed by atoms with E-state index in [9.17, 15) is 21.6 Å². The molecule has 0 unspecified atom stereocenters. The van der Waals surface area contributed by atoms with Crippen LogP contribution in [-0.2, 0) is 10.0 Å². The molecule has 138 valence electrons. The number of hydrogen-bond acceptors (Lipinski definition) is 2. The van der Waals surface area contributed by atoms with Crippen molar-refractivity contribution in [3.8, 4) is 0 Å². The van der Waals surface area contributed by atoms with Crippen LogP contribution in [0.1, 0.15) is 5.56 Å². The molecule has 10 heteroatoms. The van der Waals surface area contributed by atoms with Gasteiger partial charge in [0.05, 0.1) is 0 Å². The van der Waals surface area contributed by atoms with Crippen molar-refractivity contribution in [2.45, 2.75) is 16.9 Å². The second kappa shape index (κ2) is 6.87. The molecular weight excluding hydrogens is 522 g/mol. The minimum absolute atomic E-state index is 0.0123. The fourth-order valence-corrected chi connectivity index (χ4v) is 6.98. The van der Waals surface area contributed by atoms with Crippen molar-refractivity contribution in [3.05, 3.63) is 57.7 Å². The number of fused-ring (bicyclic) bond motifs is 1. The number of aromatic nitrogens is 1. The third kappa shape index (κ3) is 3.68. The van der Waals surface area contributed by atoms with Crippen molar-refractivity contribution in [3.63, 3.8) is 0 Å². The Morgan fingerprint density at radius 2 is 1.73 bits per heavy atom. The molecule has 0 aliphatic carbocycles. The van der Waals surface area contributed by atoms with E-state index in [1.165, 1.54) is 30.3 Å². The SMILES string of the molecule is Cc1ccc(S(=O)(=O)n2c(Br)c([Se]C(F)(F)F)c3cc(Cl)ccc32)cc1. The molecule has 2 aromatic carbocycles. The Kier molecular flexibility index (Phi) is 5.22. The van der Waals surface area contributed by atoms with Crippen LogP contribution in [0.3, 0.4) is 0 Å². The van der Waals surface area contributed by atoms with E-state index < -0.39 is 30.1 Å². The van der Waals surface area contributed by atoms with Gasteiger partial charge in [-0.05, 0) is 0 Å². The standard InChI is InChI=1S/C16H10BrClF3NO2SSe/c1-9-2-5-11(6-3-9)25(23,24)22-13-7-4-10(18)8-12(13)14(15(22)17)26-16(19,20)21/h2-8H,1H3. The number of benzene rings is 2. The van der Waals surface area contributed by atoms with Crippen LogP contribution in [0.4, 0.5) is 13.2 Å². The Morgan fingerprint density at radius 3 is 2.31 bits per heavy atom. The fourth-order valence-electron chi connectivity index (χ4n) is 2.44. The molecule has 0 saturated heterocycles. The molecule has 0 amide bonds. The zero-order valence-electron chi connectivity index (χ0n) is 13.0. The summed E-state index contributed by atoms with van der Waals surface area (Å²) in [4.78, 5) is -0.0123.